The molecule has 2 aliphatic heterocycles. The number of amides is 2. The molecule has 2 saturated heterocycles. The Morgan fingerprint density at radius 1 is 1.28 bits per heavy atom. The van der Waals surface area contributed by atoms with Crippen molar-refractivity contribution in [2.75, 3.05) is 20.3 Å². The minimum absolute atomic E-state index is 0.0590. The van der Waals surface area contributed by atoms with Crippen molar-refractivity contribution in [2.24, 2.45) is 11.8 Å². The number of fused-ring (bicyclic) bond motifs is 1. The van der Waals surface area contributed by atoms with Crippen LogP contribution in [0.2, 0.25) is 0 Å². The van der Waals surface area contributed by atoms with Gasteiger partial charge in [0.25, 0.3) is 0 Å². The highest BCUT2D eigenvalue weighted by molar-refractivity contribution is 6.09. The van der Waals surface area contributed by atoms with Crippen LogP contribution in [0.1, 0.15) is 18.5 Å². The quantitative estimate of drug-likeness (QED) is 0.499. The summed E-state index contributed by atoms with van der Waals surface area (Å²) >= 11 is 0. The normalized spacial score (nSPS) is 31.3. The van der Waals surface area contributed by atoms with Gasteiger partial charge in [-0.05, 0) is 24.6 Å². The fourth-order valence-corrected chi connectivity index (χ4v) is 3.92. The summed E-state index contributed by atoms with van der Waals surface area (Å²) in [4.78, 5) is 39.1. The highest BCUT2D eigenvalue weighted by Gasteiger charge is 2.68. The number of ether oxygens (including phenoxy) is 1. The molecule has 1 aromatic rings. The number of benzene rings is 1. The van der Waals surface area contributed by atoms with Crippen molar-refractivity contribution < 1.29 is 29.3 Å². The third-order valence-corrected chi connectivity index (χ3v) is 5.11. The van der Waals surface area contributed by atoms with Crippen molar-refractivity contribution >= 4 is 17.8 Å². The maximum absolute atomic E-state index is 12.8. The van der Waals surface area contributed by atoms with Gasteiger partial charge in [0, 0.05) is 12.6 Å². The largest absolute Gasteiger partial charge is 0.508 e. The van der Waals surface area contributed by atoms with Crippen LogP contribution in [0.25, 0.3) is 0 Å². The fourth-order valence-electron chi connectivity index (χ4n) is 3.92. The Hall–Kier alpha value is -2.45. The lowest BCUT2D eigenvalue weighted by atomic mass is 9.79. The molecule has 1 aromatic carbocycles. The van der Waals surface area contributed by atoms with Crippen LogP contribution >= 0.6 is 0 Å². The molecule has 0 bridgehead atoms. The van der Waals surface area contributed by atoms with Crippen LogP contribution in [0, 0.1) is 11.8 Å². The number of hydrogen-bond donors (Lipinski definition) is 3. The standard InChI is InChI=1S/C17H20N2O6/c1-3-19-14(22)11-12(15(19)23)17(8-20,16(24)25-2)18-13(11)9-4-6-10(21)7-5-9/h4-7,11-13,18,20-21H,3,8H2,1-2H3/t11-,12+,13-,17-/m1/s1. The van der Waals surface area contributed by atoms with Gasteiger partial charge in [-0.25, -0.2) is 4.79 Å². The zero-order valence-electron chi connectivity index (χ0n) is 13.9. The number of nitrogens with one attached hydrogen (secondary N) is 1. The summed E-state index contributed by atoms with van der Waals surface area (Å²) in [6.07, 6.45) is 0. The molecule has 134 valence electrons. The number of aliphatic hydroxyl groups is 1. The van der Waals surface area contributed by atoms with E-state index in [0.29, 0.717) is 5.56 Å². The van der Waals surface area contributed by atoms with Crippen molar-refractivity contribution in [1.29, 1.82) is 0 Å². The Morgan fingerprint density at radius 2 is 1.92 bits per heavy atom. The van der Waals surface area contributed by atoms with Crippen LogP contribution in [0.15, 0.2) is 24.3 Å². The maximum Gasteiger partial charge on any atom is 0.329 e. The maximum atomic E-state index is 12.8. The van der Waals surface area contributed by atoms with Crippen LogP contribution in [0.4, 0.5) is 0 Å². The zero-order valence-corrected chi connectivity index (χ0v) is 13.9. The topological polar surface area (TPSA) is 116 Å². The van der Waals surface area contributed by atoms with Crippen molar-refractivity contribution in [2.45, 2.75) is 18.5 Å². The minimum atomic E-state index is -1.68. The van der Waals surface area contributed by atoms with Crippen LogP contribution in [-0.2, 0) is 19.1 Å². The lowest BCUT2D eigenvalue weighted by Crippen LogP contribution is -2.58. The number of likely N-dealkylation sites (tertiary alicyclic amines) is 1. The number of hydrogen-bond acceptors (Lipinski definition) is 7. The predicted molar refractivity (Wildman–Crippen MR) is 85.2 cm³/mol. The Kier molecular flexibility index (Phi) is 4.26. The van der Waals surface area contributed by atoms with E-state index in [9.17, 15) is 24.6 Å². The molecule has 0 saturated carbocycles. The second-order valence-corrected chi connectivity index (χ2v) is 6.26. The van der Waals surface area contributed by atoms with Crippen LogP contribution in [0.3, 0.4) is 0 Å². The molecule has 8 heteroatoms. The number of imide groups is 1. The highest BCUT2D eigenvalue weighted by atomic mass is 16.5. The van der Waals surface area contributed by atoms with Crippen LogP contribution in [0.5, 0.6) is 5.75 Å². The molecule has 2 aliphatic rings. The Balaban J connectivity index is 2.13. The second kappa shape index (κ2) is 6.12. The van der Waals surface area contributed by atoms with E-state index in [1.807, 2.05) is 0 Å². The highest BCUT2D eigenvalue weighted by Crippen LogP contribution is 2.49. The monoisotopic (exact) mass is 348 g/mol. The van der Waals surface area contributed by atoms with Gasteiger partial charge in [0.1, 0.15) is 5.75 Å². The Bertz CT molecular complexity index is 718. The first-order chi connectivity index (χ1) is 11.9. The molecule has 0 radical (unpaired) electrons. The molecule has 2 amide bonds. The van der Waals surface area contributed by atoms with Crippen molar-refractivity contribution in [3.63, 3.8) is 0 Å². The second-order valence-electron chi connectivity index (χ2n) is 6.26. The Morgan fingerprint density at radius 3 is 2.44 bits per heavy atom. The lowest BCUT2D eigenvalue weighted by molar-refractivity contribution is -0.156. The first-order valence-corrected chi connectivity index (χ1v) is 8.02. The van der Waals surface area contributed by atoms with Gasteiger partial charge in [-0.1, -0.05) is 12.1 Å². The molecule has 0 spiro atoms. The van der Waals surface area contributed by atoms with Gasteiger partial charge in [-0.15, -0.1) is 0 Å². The van der Waals surface area contributed by atoms with Crippen LogP contribution < -0.4 is 5.32 Å². The molecule has 2 fully saturated rings. The molecule has 0 unspecified atom stereocenters. The van der Waals surface area contributed by atoms with Gasteiger partial charge in [-0.2, -0.15) is 0 Å². The first-order valence-electron chi connectivity index (χ1n) is 8.02. The number of methoxy groups -OCH3 is 1. The SMILES string of the molecule is CCN1C(=O)[C@H]2[C@@H](c3ccc(O)cc3)N[C@@](CO)(C(=O)OC)[C@@H]2C1=O. The van der Waals surface area contributed by atoms with E-state index in [2.05, 4.69) is 5.32 Å². The third kappa shape index (κ3) is 2.32. The van der Waals surface area contributed by atoms with Gasteiger partial charge in [0.15, 0.2) is 5.54 Å². The summed E-state index contributed by atoms with van der Waals surface area (Å²) in [7, 11) is 1.17. The number of aromatic hydroxyl groups is 1. The van der Waals surface area contributed by atoms with E-state index in [4.69, 9.17) is 4.74 Å². The van der Waals surface area contributed by atoms with Crippen molar-refractivity contribution in [3.05, 3.63) is 29.8 Å². The number of nitrogens with zero attached hydrogens (tertiary/aromatic N) is 1. The molecule has 2 heterocycles. The molecule has 4 atom stereocenters. The van der Waals surface area contributed by atoms with E-state index in [1.54, 1.807) is 19.1 Å². The molecular weight excluding hydrogens is 328 g/mol. The van der Waals surface area contributed by atoms with Crippen molar-refractivity contribution in [3.8, 4) is 5.75 Å². The van der Waals surface area contributed by atoms with Gasteiger partial charge in [0.05, 0.1) is 25.6 Å². The first kappa shape index (κ1) is 17.4. The van der Waals surface area contributed by atoms with E-state index in [-0.39, 0.29) is 18.2 Å². The van der Waals surface area contributed by atoms with E-state index in [1.165, 1.54) is 19.2 Å². The summed E-state index contributed by atoms with van der Waals surface area (Å²) in [6, 6.07) is 5.48. The third-order valence-electron chi connectivity index (χ3n) is 5.11. The van der Waals surface area contributed by atoms with E-state index in [0.717, 1.165) is 4.90 Å². The molecular formula is C17H20N2O6. The summed E-state index contributed by atoms with van der Waals surface area (Å²) in [5.74, 6) is -3.48. The average Bonchev–Trinajstić information content (AvgIpc) is 3.10. The fraction of sp³-hybridized carbons (Fsp3) is 0.471. The summed E-state index contributed by atoms with van der Waals surface area (Å²) in [5.41, 5.74) is -1.05. The number of phenols is 1. The minimum Gasteiger partial charge on any atom is -0.508 e. The number of esters is 1. The van der Waals surface area contributed by atoms with Gasteiger partial charge in [-0.3, -0.25) is 19.8 Å². The van der Waals surface area contributed by atoms with Crippen molar-refractivity contribution in [1.82, 2.24) is 10.2 Å². The molecule has 25 heavy (non-hydrogen) atoms. The van der Waals surface area contributed by atoms with Gasteiger partial charge < -0.3 is 14.9 Å². The number of aliphatic hydroxyl groups excluding tert-OH is 1. The summed E-state index contributed by atoms with van der Waals surface area (Å²) in [6.45, 7) is 1.19. The summed E-state index contributed by atoms with van der Waals surface area (Å²) in [5, 5.41) is 22.4. The summed E-state index contributed by atoms with van der Waals surface area (Å²) < 4.78 is 4.81. The van der Waals surface area contributed by atoms with Gasteiger partial charge >= 0.3 is 5.97 Å². The smallest absolute Gasteiger partial charge is 0.329 e. The average molecular weight is 348 g/mol. The predicted octanol–water partition coefficient (Wildman–Crippen LogP) is -0.438. The molecule has 0 aromatic heterocycles. The molecule has 8 nitrogen and oxygen atoms in total. The number of phenolic OH excluding ortho intramolecular Hbond substituents is 1. The Labute approximate surface area is 144 Å². The van der Waals surface area contributed by atoms with Crippen LogP contribution in [-0.4, -0.2) is 58.7 Å². The molecule has 3 rings (SSSR count). The number of carbonyl (C=O) groups is 3. The van der Waals surface area contributed by atoms with E-state index < -0.39 is 41.9 Å². The number of carbonyl (C=O) groups excluding carboxylic acids is 3. The molecule has 3 N–H and O–H groups in total. The molecule has 0 aliphatic carbocycles. The van der Waals surface area contributed by atoms with Gasteiger partial charge in [0.2, 0.25) is 11.8 Å². The van der Waals surface area contributed by atoms with E-state index >= 15 is 0 Å². The zero-order chi connectivity index (χ0) is 18.4. The lowest BCUT2D eigenvalue weighted by Gasteiger charge is -2.30. The number of rotatable bonds is 4.